The highest BCUT2D eigenvalue weighted by Gasteiger charge is 2.50. The summed E-state index contributed by atoms with van der Waals surface area (Å²) in [5.74, 6) is 2.05. The van der Waals surface area contributed by atoms with Gasteiger partial charge in [0.15, 0.2) is 6.29 Å². The summed E-state index contributed by atoms with van der Waals surface area (Å²) < 4.78 is 0. The van der Waals surface area contributed by atoms with Gasteiger partial charge in [0.2, 0.25) is 0 Å². The Balaban J connectivity index is 1.64. The predicted octanol–water partition coefficient (Wildman–Crippen LogP) is 6.80. The van der Waals surface area contributed by atoms with Crippen LogP contribution in [0, 0.1) is 5.92 Å². The van der Waals surface area contributed by atoms with Crippen molar-refractivity contribution in [2.24, 2.45) is 10.9 Å². The summed E-state index contributed by atoms with van der Waals surface area (Å²) in [5, 5.41) is 10.0. The van der Waals surface area contributed by atoms with E-state index in [-0.39, 0.29) is 5.41 Å². The first-order chi connectivity index (χ1) is 16.1. The van der Waals surface area contributed by atoms with Crippen molar-refractivity contribution >= 4 is 35.1 Å². The summed E-state index contributed by atoms with van der Waals surface area (Å²) in [6, 6.07) is 12.6. The zero-order valence-electron chi connectivity index (χ0n) is 19.4. The van der Waals surface area contributed by atoms with Gasteiger partial charge < -0.3 is 5.11 Å². The van der Waals surface area contributed by atoms with E-state index in [0.29, 0.717) is 29.0 Å². The molecule has 2 saturated carbocycles. The lowest BCUT2D eigenvalue weighted by Gasteiger charge is -2.36. The molecule has 174 valence electrons. The maximum atomic E-state index is 12.0. The molecule has 2 aromatic carbocycles. The molecule has 3 aliphatic rings. The van der Waals surface area contributed by atoms with E-state index in [1.54, 1.807) is 6.07 Å². The Morgan fingerprint density at radius 2 is 1.85 bits per heavy atom. The Labute approximate surface area is 201 Å². The van der Waals surface area contributed by atoms with Gasteiger partial charge in [0.25, 0.3) is 0 Å². The van der Waals surface area contributed by atoms with Crippen LogP contribution in [0.2, 0.25) is 5.02 Å². The second kappa shape index (κ2) is 9.23. The first-order valence-electron chi connectivity index (χ1n) is 12.4. The molecule has 5 rings (SSSR count). The van der Waals surface area contributed by atoms with Crippen LogP contribution >= 0.6 is 11.6 Å². The topological polar surface area (TPSA) is 52.9 Å². The highest BCUT2D eigenvalue weighted by atomic mass is 35.5. The Kier molecular flexibility index (Phi) is 6.32. The number of carbonyl (C=O) groups excluding carboxylic acids is 1. The zero-order valence-corrected chi connectivity index (χ0v) is 20.2. The van der Waals surface area contributed by atoms with Crippen molar-refractivity contribution in [3.63, 3.8) is 0 Å². The summed E-state index contributed by atoms with van der Waals surface area (Å²) >= 11 is 6.44. The van der Waals surface area contributed by atoms with E-state index in [2.05, 4.69) is 23.1 Å². The Morgan fingerprint density at radius 1 is 1.09 bits per heavy atom. The van der Waals surface area contributed by atoms with Gasteiger partial charge in [-0.1, -0.05) is 49.1 Å². The number of benzene rings is 2. The second-order valence-electron chi connectivity index (χ2n) is 9.99. The fraction of sp³-hybridized carbons (Fsp3) is 0.500. The van der Waals surface area contributed by atoms with Gasteiger partial charge in [0.05, 0.1) is 27.4 Å². The molecule has 0 radical (unpaired) electrons. The average Bonchev–Trinajstić information content (AvgIpc) is 3.12. The molecule has 4 nitrogen and oxygen atoms in total. The molecule has 0 saturated heterocycles. The fourth-order valence-electron chi connectivity index (χ4n) is 6.56. The maximum Gasteiger partial charge on any atom is 0.153 e. The summed E-state index contributed by atoms with van der Waals surface area (Å²) in [4.78, 5) is 19.1. The standard InChI is InChI=1S/C28H33ClN2O2/c1-30-27-28(14-3-2-4-15-28)23-16-21(20-10-8-19(17-32)9-11-20)12-13-26(23)31(27)25-7-5-6-24(29)22(25)18-33/h5-7,12-13,16,18-20,32H,2-4,8-11,14-15,17H2,1H3. The highest BCUT2D eigenvalue weighted by Crippen LogP contribution is 2.54. The molecule has 0 unspecified atom stereocenters. The van der Waals surface area contributed by atoms with Gasteiger partial charge in [-0.15, -0.1) is 0 Å². The number of fused-ring (bicyclic) bond motifs is 2. The molecule has 2 aromatic rings. The van der Waals surface area contributed by atoms with E-state index in [1.807, 2.05) is 19.2 Å². The largest absolute Gasteiger partial charge is 0.396 e. The molecule has 0 atom stereocenters. The van der Waals surface area contributed by atoms with Crippen molar-refractivity contribution < 1.29 is 9.90 Å². The highest BCUT2D eigenvalue weighted by molar-refractivity contribution is 6.34. The van der Waals surface area contributed by atoms with E-state index in [1.165, 1.54) is 30.4 Å². The normalized spacial score (nSPS) is 25.4. The number of anilines is 2. The van der Waals surface area contributed by atoms with Crippen molar-refractivity contribution in [1.29, 1.82) is 0 Å². The Morgan fingerprint density at radius 3 is 2.52 bits per heavy atom. The third-order valence-corrected chi connectivity index (χ3v) is 8.63. The monoisotopic (exact) mass is 464 g/mol. The molecule has 0 aromatic heterocycles. The molecule has 1 N–H and O–H groups in total. The zero-order chi connectivity index (χ0) is 23.0. The van der Waals surface area contributed by atoms with E-state index in [4.69, 9.17) is 16.6 Å². The third-order valence-electron chi connectivity index (χ3n) is 8.30. The first-order valence-corrected chi connectivity index (χ1v) is 12.8. The van der Waals surface area contributed by atoms with Crippen LogP contribution in [-0.4, -0.2) is 30.9 Å². The Hall–Kier alpha value is -2.17. The number of hydrogen-bond donors (Lipinski definition) is 1. The minimum atomic E-state index is -0.108. The van der Waals surface area contributed by atoms with Crippen molar-refractivity contribution in [1.82, 2.24) is 0 Å². The number of aldehydes is 1. The summed E-state index contributed by atoms with van der Waals surface area (Å²) in [6.07, 6.45) is 11.1. The molecule has 2 aliphatic carbocycles. The molecule has 33 heavy (non-hydrogen) atoms. The number of hydrogen-bond acceptors (Lipinski definition) is 3. The molecule has 5 heteroatoms. The third kappa shape index (κ3) is 3.72. The number of aliphatic imine (C=N–C) groups is 1. The number of halogens is 1. The summed E-state index contributed by atoms with van der Waals surface area (Å²) in [7, 11) is 1.88. The van der Waals surface area contributed by atoms with Gasteiger partial charge in [-0.25, -0.2) is 0 Å². The number of rotatable bonds is 4. The maximum absolute atomic E-state index is 12.0. The van der Waals surface area contributed by atoms with Gasteiger partial charge in [-0.3, -0.25) is 14.7 Å². The molecular weight excluding hydrogens is 432 g/mol. The molecule has 1 spiro atoms. The van der Waals surface area contributed by atoms with Crippen LogP contribution in [0.5, 0.6) is 0 Å². The minimum Gasteiger partial charge on any atom is -0.396 e. The van der Waals surface area contributed by atoms with E-state index in [9.17, 15) is 9.90 Å². The average molecular weight is 465 g/mol. The lowest BCUT2D eigenvalue weighted by Crippen LogP contribution is -2.40. The first kappa shape index (κ1) is 22.6. The van der Waals surface area contributed by atoms with Crippen LogP contribution in [-0.2, 0) is 5.41 Å². The molecule has 1 aliphatic heterocycles. The Bertz CT molecular complexity index is 1070. The summed E-state index contributed by atoms with van der Waals surface area (Å²) in [6.45, 7) is 0.310. The van der Waals surface area contributed by atoms with Crippen molar-refractivity contribution in [3.05, 3.63) is 58.1 Å². The second-order valence-corrected chi connectivity index (χ2v) is 10.4. The molecule has 0 bridgehead atoms. The lowest BCUT2D eigenvalue weighted by atomic mass is 9.69. The van der Waals surface area contributed by atoms with Crippen molar-refractivity contribution in [3.8, 4) is 0 Å². The van der Waals surface area contributed by atoms with Crippen LogP contribution < -0.4 is 4.90 Å². The van der Waals surface area contributed by atoms with Crippen LogP contribution in [0.15, 0.2) is 41.4 Å². The lowest BCUT2D eigenvalue weighted by molar-refractivity contribution is 0.112. The van der Waals surface area contributed by atoms with Crippen LogP contribution in [0.1, 0.15) is 85.2 Å². The molecule has 2 fully saturated rings. The van der Waals surface area contributed by atoms with Crippen molar-refractivity contribution in [2.75, 3.05) is 18.6 Å². The van der Waals surface area contributed by atoms with Crippen molar-refractivity contribution in [2.45, 2.75) is 69.1 Å². The van der Waals surface area contributed by atoms with Gasteiger partial charge >= 0.3 is 0 Å². The molecule has 0 amide bonds. The number of amidine groups is 1. The van der Waals surface area contributed by atoms with Gasteiger partial charge in [-0.2, -0.15) is 0 Å². The van der Waals surface area contributed by atoms with Crippen LogP contribution in [0.25, 0.3) is 0 Å². The minimum absolute atomic E-state index is 0.108. The van der Waals surface area contributed by atoms with E-state index >= 15 is 0 Å². The van der Waals surface area contributed by atoms with Gasteiger partial charge in [0.1, 0.15) is 5.84 Å². The van der Waals surface area contributed by atoms with Crippen LogP contribution in [0.4, 0.5) is 11.4 Å². The van der Waals surface area contributed by atoms with Gasteiger partial charge in [0, 0.05) is 13.7 Å². The summed E-state index contributed by atoms with van der Waals surface area (Å²) in [5.41, 5.74) is 5.14. The fourth-order valence-corrected chi connectivity index (χ4v) is 6.77. The van der Waals surface area contributed by atoms with E-state index in [0.717, 1.165) is 62.0 Å². The molecule has 1 heterocycles. The number of aliphatic hydroxyl groups is 1. The smallest absolute Gasteiger partial charge is 0.153 e. The number of nitrogens with zero attached hydrogens (tertiary/aromatic N) is 2. The molecular formula is C28H33ClN2O2. The van der Waals surface area contributed by atoms with Gasteiger partial charge in [-0.05, 0) is 79.7 Å². The van der Waals surface area contributed by atoms with Crippen LogP contribution in [0.3, 0.4) is 0 Å². The van der Waals surface area contributed by atoms with E-state index < -0.39 is 0 Å². The SMILES string of the molecule is CN=C1N(c2cccc(Cl)c2C=O)c2ccc(C3CCC(CO)CC3)cc2C12CCCCC2. The predicted molar refractivity (Wildman–Crippen MR) is 135 cm³/mol. The quantitative estimate of drug-likeness (QED) is 0.506. The number of carbonyl (C=O) groups is 1. The number of aliphatic hydroxyl groups excluding tert-OH is 1.